The minimum Gasteiger partial charge on any atom is -0.496 e. The van der Waals surface area contributed by atoms with Crippen molar-refractivity contribution < 1.29 is 19.4 Å². The molecule has 2 rings (SSSR count). The number of carboxylic acid groups (broad SMARTS) is 1. The molecule has 2 aromatic carbocycles. The minimum atomic E-state index is -1.09. The summed E-state index contributed by atoms with van der Waals surface area (Å²) < 4.78 is 5.33. The van der Waals surface area contributed by atoms with E-state index >= 15 is 0 Å². The normalized spacial score (nSPS) is 10.6. The number of rotatable bonds is 6. The molecule has 0 aliphatic rings. The molecular weight excluding hydrogens is 306 g/mol. The second kappa shape index (κ2) is 7.97. The minimum absolute atomic E-state index is 0.0455. The van der Waals surface area contributed by atoms with Crippen LogP contribution in [0.5, 0.6) is 5.75 Å². The molecule has 1 amide bonds. The highest BCUT2D eigenvalue weighted by Gasteiger charge is 2.10. The number of nitrogens with one attached hydrogen (secondary N) is 1. The zero-order valence-electron chi connectivity index (χ0n) is 13.6. The largest absolute Gasteiger partial charge is 0.496 e. The standard InChI is InChI=1S/C19H19NO4/c1-3-13-8-9-14(17(12-13)24-2)10-11-18(21)20-16-7-5-4-6-15(16)19(22)23/h4-12H,3H2,1-2H3,(H,20,21)(H,22,23)/b11-10+. The molecule has 5 nitrogen and oxygen atoms in total. The van der Waals surface area contributed by atoms with Crippen molar-refractivity contribution in [3.05, 3.63) is 65.2 Å². The summed E-state index contributed by atoms with van der Waals surface area (Å²) in [5.41, 5.74) is 2.22. The van der Waals surface area contributed by atoms with Gasteiger partial charge in [-0.1, -0.05) is 31.2 Å². The smallest absolute Gasteiger partial charge is 0.337 e. The Morgan fingerprint density at radius 3 is 2.62 bits per heavy atom. The first kappa shape index (κ1) is 17.3. The third-order valence-electron chi connectivity index (χ3n) is 3.54. The van der Waals surface area contributed by atoms with Gasteiger partial charge in [0.15, 0.2) is 0 Å². The van der Waals surface area contributed by atoms with Crippen molar-refractivity contribution in [3.63, 3.8) is 0 Å². The first-order valence-electron chi connectivity index (χ1n) is 7.53. The van der Waals surface area contributed by atoms with E-state index in [1.165, 1.54) is 12.1 Å². The maximum absolute atomic E-state index is 12.1. The van der Waals surface area contributed by atoms with Crippen molar-refractivity contribution in [3.8, 4) is 5.75 Å². The number of hydrogen-bond donors (Lipinski definition) is 2. The van der Waals surface area contributed by atoms with Crippen molar-refractivity contribution in [1.29, 1.82) is 0 Å². The number of carbonyl (C=O) groups is 2. The lowest BCUT2D eigenvalue weighted by atomic mass is 10.1. The highest BCUT2D eigenvalue weighted by molar-refractivity contribution is 6.06. The van der Waals surface area contributed by atoms with E-state index in [2.05, 4.69) is 12.2 Å². The quantitative estimate of drug-likeness (QED) is 0.796. The third-order valence-corrected chi connectivity index (χ3v) is 3.54. The van der Waals surface area contributed by atoms with Crippen molar-refractivity contribution in [2.45, 2.75) is 13.3 Å². The van der Waals surface area contributed by atoms with Crippen LogP contribution in [-0.2, 0) is 11.2 Å². The van der Waals surface area contributed by atoms with Gasteiger partial charge in [-0.15, -0.1) is 0 Å². The van der Waals surface area contributed by atoms with Gasteiger partial charge >= 0.3 is 5.97 Å². The Kier molecular flexibility index (Phi) is 5.73. The molecule has 0 heterocycles. The van der Waals surface area contributed by atoms with Crippen LogP contribution in [0.25, 0.3) is 6.08 Å². The first-order valence-corrected chi connectivity index (χ1v) is 7.53. The molecule has 24 heavy (non-hydrogen) atoms. The molecule has 124 valence electrons. The highest BCUT2D eigenvalue weighted by atomic mass is 16.5. The third kappa shape index (κ3) is 4.23. The number of aryl methyl sites for hydroxylation is 1. The van der Waals surface area contributed by atoms with Crippen LogP contribution in [0.3, 0.4) is 0 Å². The number of carbonyl (C=O) groups excluding carboxylic acids is 1. The fourth-order valence-corrected chi connectivity index (χ4v) is 2.23. The molecule has 0 bridgehead atoms. The van der Waals surface area contributed by atoms with E-state index in [1.54, 1.807) is 31.4 Å². The van der Waals surface area contributed by atoms with E-state index in [-0.39, 0.29) is 11.3 Å². The lowest BCUT2D eigenvalue weighted by Gasteiger charge is -2.08. The Balaban J connectivity index is 2.16. The monoisotopic (exact) mass is 325 g/mol. The molecule has 2 aromatic rings. The predicted molar refractivity (Wildman–Crippen MR) is 93.4 cm³/mol. The molecular formula is C19H19NO4. The van der Waals surface area contributed by atoms with Crippen molar-refractivity contribution in [1.82, 2.24) is 0 Å². The first-order chi connectivity index (χ1) is 11.5. The molecule has 0 unspecified atom stereocenters. The summed E-state index contributed by atoms with van der Waals surface area (Å²) in [5, 5.41) is 11.7. The zero-order valence-corrected chi connectivity index (χ0v) is 13.6. The van der Waals surface area contributed by atoms with Gasteiger partial charge in [-0.05, 0) is 36.3 Å². The lowest BCUT2D eigenvalue weighted by Crippen LogP contribution is -2.11. The van der Waals surface area contributed by atoms with Gasteiger partial charge in [-0.25, -0.2) is 4.79 Å². The molecule has 0 radical (unpaired) electrons. The van der Waals surface area contributed by atoms with E-state index in [1.807, 2.05) is 18.2 Å². The number of methoxy groups -OCH3 is 1. The second-order valence-corrected chi connectivity index (χ2v) is 5.10. The number of benzene rings is 2. The van der Waals surface area contributed by atoms with Crippen molar-refractivity contribution >= 4 is 23.6 Å². The van der Waals surface area contributed by atoms with Gasteiger partial charge in [-0.2, -0.15) is 0 Å². The summed E-state index contributed by atoms with van der Waals surface area (Å²) in [5.74, 6) is -0.818. The number of amides is 1. The number of aromatic carboxylic acids is 1. The highest BCUT2D eigenvalue weighted by Crippen LogP contribution is 2.22. The van der Waals surface area contributed by atoms with E-state index in [0.717, 1.165) is 17.5 Å². The fourth-order valence-electron chi connectivity index (χ4n) is 2.23. The number of hydrogen-bond acceptors (Lipinski definition) is 3. The predicted octanol–water partition coefficient (Wildman–Crippen LogP) is 3.61. The lowest BCUT2D eigenvalue weighted by molar-refractivity contribution is -0.111. The van der Waals surface area contributed by atoms with Crippen LogP contribution in [0.1, 0.15) is 28.4 Å². The van der Waals surface area contributed by atoms with Gasteiger partial charge in [0.2, 0.25) is 5.91 Å². The number of para-hydroxylation sites is 1. The molecule has 0 aliphatic heterocycles. The summed E-state index contributed by atoms with van der Waals surface area (Å²) in [6.07, 6.45) is 3.88. The maximum Gasteiger partial charge on any atom is 0.337 e. The molecule has 0 aliphatic carbocycles. The number of carboxylic acids is 1. The van der Waals surface area contributed by atoms with E-state index < -0.39 is 11.9 Å². The average molecular weight is 325 g/mol. The summed E-state index contributed by atoms with van der Waals surface area (Å²) >= 11 is 0. The van der Waals surface area contributed by atoms with Crippen LogP contribution in [0.2, 0.25) is 0 Å². The fraction of sp³-hybridized carbons (Fsp3) is 0.158. The van der Waals surface area contributed by atoms with Gasteiger partial charge in [0.1, 0.15) is 5.75 Å². The zero-order chi connectivity index (χ0) is 17.5. The Bertz CT molecular complexity index is 781. The molecule has 0 spiro atoms. The van der Waals surface area contributed by atoms with Crippen LogP contribution in [-0.4, -0.2) is 24.1 Å². The molecule has 0 atom stereocenters. The molecule has 0 saturated heterocycles. The topological polar surface area (TPSA) is 75.6 Å². The van der Waals surface area contributed by atoms with Crippen LogP contribution in [0, 0.1) is 0 Å². The van der Waals surface area contributed by atoms with E-state index in [4.69, 9.17) is 9.84 Å². The Morgan fingerprint density at radius 2 is 1.96 bits per heavy atom. The molecule has 5 heteroatoms. The number of ether oxygens (including phenoxy) is 1. The van der Waals surface area contributed by atoms with Gasteiger partial charge in [0, 0.05) is 11.6 Å². The maximum atomic E-state index is 12.1. The summed E-state index contributed by atoms with van der Waals surface area (Å²) in [7, 11) is 1.58. The number of anilines is 1. The van der Waals surface area contributed by atoms with E-state index in [9.17, 15) is 9.59 Å². The average Bonchev–Trinajstić information content (AvgIpc) is 2.60. The van der Waals surface area contributed by atoms with Crippen molar-refractivity contribution in [2.24, 2.45) is 0 Å². The van der Waals surface area contributed by atoms with Crippen LogP contribution >= 0.6 is 0 Å². The van der Waals surface area contributed by atoms with Gasteiger partial charge in [0.05, 0.1) is 18.4 Å². The van der Waals surface area contributed by atoms with Gasteiger partial charge < -0.3 is 15.2 Å². The molecule has 0 saturated carbocycles. The van der Waals surface area contributed by atoms with Crippen LogP contribution in [0.4, 0.5) is 5.69 Å². The summed E-state index contributed by atoms with van der Waals surface area (Å²) in [4.78, 5) is 23.2. The van der Waals surface area contributed by atoms with Crippen LogP contribution < -0.4 is 10.1 Å². The Labute approximate surface area is 140 Å². The second-order valence-electron chi connectivity index (χ2n) is 5.10. The van der Waals surface area contributed by atoms with Gasteiger partial charge in [0.25, 0.3) is 0 Å². The molecule has 2 N–H and O–H groups in total. The SMILES string of the molecule is CCc1ccc(/C=C/C(=O)Nc2ccccc2C(=O)O)c(OC)c1. The molecule has 0 fully saturated rings. The van der Waals surface area contributed by atoms with Crippen molar-refractivity contribution in [2.75, 3.05) is 12.4 Å². The molecule has 0 aromatic heterocycles. The Morgan fingerprint density at radius 1 is 1.21 bits per heavy atom. The van der Waals surface area contributed by atoms with E-state index in [0.29, 0.717) is 5.75 Å². The summed E-state index contributed by atoms with van der Waals surface area (Å²) in [6.45, 7) is 2.05. The Hall–Kier alpha value is -3.08. The summed E-state index contributed by atoms with van der Waals surface area (Å²) in [6, 6.07) is 12.0. The van der Waals surface area contributed by atoms with Crippen LogP contribution in [0.15, 0.2) is 48.5 Å². The van der Waals surface area contributed by atoms with Gasteiger partial charge in [-0.3, -0.25) is 4.79 Å².